The Hall–Kier alpha value is -4.42. The molecule has 2 atom stereocenters. The lowest BCUT2D eigenvalue weighted by Gasteiger charge is -2.30. The Bertz CT molecular complexity index is 1440. The molecule has 0 spiro atoms. The van der Waals surface area contributed by atoms with Gasteiger partial charge in [0.05, 0.1) is 6.61 Å². The van der Waals surface area contributed by atoms with E-state index in [1.807, 2.05) is 116 Å². The van der Waals surface area contributed by atoms with E-state index in [1.54, 1.807) is 0 Å². The predicted octanol–water partition coefficient (Wildman–Crippen LogP) is 6.81. The molecule has 0 saturated carbocycles. The summed E-state index contributed by atoms with van der Waals surface area (Å²) in [4.78, 5) is 30.8. The molecule has 2 unspecified atom stereocenters. The minimum absolute atomic E-state index is 0.140. The van der Waals surface area contributed by atoms with E-state index in [4.69, 9.17) is 4.74 Å². The molecule has 1 aliphatic heterocycles. The van der Waals surface area contributed by atoms with Gasteiger partial charge in [-0.15, -0.1) is 0 Å². The van der Waals surface area contributed by atoms with Crippen molar-refractivity contribution < 1.29 is 14.3 Å². The topological polar surface area (TPSA) is 61.9 Å². The van der Waals surface area contributed by atoms with E-state index in [0.29, 0.717) is 12.2 Å². The summed E-state index contributed by atoms with van der Waals surface area (Å²) >= 11 is 0. The summed E-state index contributed by atoms with van der Waals surface area (Å²) in [6.07, 6.45) is 1.74. The number of nitrogens with one attached hydrogen (secondary N) is 1. The van der Waals surface area contributed by atoms with Gasteiger partial charge in [-0.3, -0.25) is 9.69 Å². The highest BCUT2D eigenvalue weighted by Gasteiger charge is 2.36. The standard InChI is InChI=1S/C35H37N3O3/c1-3-24-41-35(40)33(27-14-8-5-9-15-27)38-23-22-30(25-38)37(2)29-20-18-28(19-21-29)36-34(39)32-17-11-10-16-31(32)26-12-6-4-7-13-26/h4-21,30,33H,3,22-25H2,1-2H3,(H,36,39). The summed E-state index contributed by atoms with van der Waals surface area (Å²) in [5.41, 5.74) is 5.31. The van der Waals surface area contributed by atoms with Crippen molar-refractivity contribution in [1.29, 1.82) is 0 Å². The summed E-state index contributed by atoms with van der Waals surface area (Å²) in [6, 6.07) is 35.3. The molecule has 4 aromatic carbocycles. The second kappa shape index (κ2) is 13.3. The number of amides is 1. The van der Waals surface area contributed by atoms with Gasteiger partial charge < -0.3 is 15.0 Å². The normalized spacial score (nSPS) is 15.7. The summed E-state index contributed by atoms with van der Waals surface area (Å²) < 4.78 is 5.58. The third kappa shape index (κ3) is 6.67. The Morgan fingerprint density at radius 3 is 2.27 bits per heavy atom. The molecule has 4 aromatic rings. The van der Waals surface area contributed by atoms with Crippen LogP contribution >= 0.6 is 0 Å². The minimum Gasteiger partial charge on any atom is -0.464 e. The maximum absolute atomic E-state index is 13.2. The third-order valence-corrected chi connectivity index (χ3v) is 7.68. The number of benzene rings is 4. The Labute approximate surface area is 242 Å². The highest BCUT2D eigenvalue weighted by Crippen LogP contribution is 2.31. The van der Waals surface area contributed by atoms with Crippen molar-refractivity contribution >= 4 is 23.3 Å². The first kappa shape index (κ1) is 28.1. The zero-order chi connectivity index (χ0) is 28.6. The molecule has 0 aliphatic carbocycles. The number of ether oxygens (including phenoxy) is 1. The fraction of sp³-hybridized carbons (Fsp3) is 0.257. The number of carbonyl (C=O) groups excluding carboxylic acids is 2. The lowest BCUT2D eigenvalue weighted by atomic mass is 9.99. The number of esters is 1. The molecule has 41 heavy (non-hydrogen) atoms. The van der Waals surface area contributed by atoms with Gasteiger partial charge in [0.2, 0.25) is 0 Å². The lowest BCUT2D eigenvalue weighted by Crippen LogP contribution is -2.38. The second-order valence-corrected chi connectivity index (χ2v) is 10.4. The van der Waals surface area contributed by atoms with Gasteiger partial charge in [-0.25, -0.2) is 4.79 Å². The summed E-state index contributed by atoms with van der Waals surface area (Å²) in [7, 11) is 2.09. The van der Waals surface area contributed by atoms with Crippen LogP contribution in [0.2, 0.25) is 0 Å². The molecule has 1 N–H and O–H groups in total. The first-order chi connectivity index (χ1) is 20.0. The van der Waals surface area contributed by atoms with E-state index in [-0.39, 0.29) is 17.9 Å². The van der Waals surface area contributed by atoms with E-state index in [1.165, 1.54) is 0 Å². The Balaban J connectivity index is 1.25. The first-order valence-corrected chi connectivity index (χ1v) is 14.3. The van der Waals surface area contributed by atoms with Crippen molar-refractivity contribution in [3.8, 4) is 11.1 Å². The third-order valence-electron chi connectivity index (χ3n) is 7.68. The molecule has 5 rings (SSSR count). The zero-order valence-corrected chi connectivity index (χ0v) is 23.7. The van der Waals surface area contributed by atoms with E-state index >= 15 is 0 Å². The van der Waals surface area contributed by atoms with Crippen LogP contribution in [0.5, 0.6) is 0 Å². The van der Waals surface area contributed by atoms with Crippen LogP contribution in [0, 0.1) is 0 Å². The van der Waals surface area contributed by atoms with Gasteiger partial charge in [0, 0.05) is 43.1 Å². The lowest BCUT2D eigenvalue weighted by molar-refractivity contribution is -0.150. The number of rotatable bonds is 10. The fourth-order valence-electron chi connectivity index (χ4n) is 5.47. The number of nitrogens with zero attached hydrogens (tertiary/aromatic N) is 2. The van der Waals surface area contributed by atoms with Gasteiger partial charge in [0.1, 0.15) is 6.04 Å². The Morgan fingerprint density at radius 2 is 1.56 bits per heavy atom. The molecule has 1 heterocycles. The van der Waals surface area contributed by atoms with Crippen LogP contribution in [0.4, 0.5) is 11.4 Å². The zero-order valence-electron chi connectivity index (χ0n) is 23.7. The molecular formula is C35H37N3O3. The van der Waals surface area contributed by atoms with Crippen LogP contribution in [-0.4, -0.2) is 49.6 Å². The number of hydrogen-bond donors (Lipinski definition) is 1. The van der Waals surface area contributed by atoms with Gasteiger partial charge in [-0.05, 0) is 59.9 Å². The van der Waals surface area contributed by atoms with Gasteiger partial charge in [-0.1, -0.05) is 85.8 Å². The Kier molecular flexibility index (Phi) is 9.12. The largest absolute Gasteiger partial charge is 0.464 e. The number of anilines is 2. The van der Waals surface area contributed by atoms with Crippen molar-refractivity contribution in [2.75, 3.05) is 37.0 Å². The molecule has 0 radical (unpaired) electrons. The SMILES string of the molecule is CCCOC(=O)C(c1ccccc1)N1CCC(N(C)c2ccc(NC(=O)c3ccccc3-c3ccccc3)cc2)C1. The van der Waals surface area contributed by atoms with Crippen molar-refractivity contribution in [2.45, 2.75) is 31.8 Å². The van der Waals surface area contributed by atoms with Crippen LogP contribution in [0.3, 0.4) is 0 Å². The van der Waals surface area contributed by atoms with Crippen LogP contribution in [-0.2, 0) is 9.53 Å². The monoisotopic (exact) mass is 547 g/mol. The minimum atomic E-state index is -0.405. The molecule has 1 aliphatic rings. The van der Waals surface area contributed by atoms with Crippen LogP contribution < -0.4 is 10.2 Å². The quantitative estimate of drug-likeness (QED) is 0.221. The number of likely N-dealkylation sites (tertiary alicyclic amines) is 1. The number of carbonyl (C=O) groups is 2. The summed E-state index contributed by atoms with van der Waals surface area (Å²) in [6.45, 7) is 4.00. The fourth-order valence-corrected chi connectivity index (χ4v) is 5.47. The number of likely N-dealkylation sites (N-methyl/N-ethyl adjacent to an activating group) is 1. The second-order valence-electron chi connectivity index (χ2n) is 10.4. The molecule has 1 fully saturated rings. The average molecular weight is 548 g/mol. The molecule has 6 nitrogen and oxygen atoms in total. The van der Waals surface area contributed by atoms with Crippen molar-refractivity contribution in [1.82, 2.24) is 4.90 Å². The van der Waals surface area contributed by atoms with Gasteiger partial charge in [-0.2, -0.15) is 0 Å². The van der Waals surface area contributed by atoms with Crippen molar-refractivity contribution in [3.63, 3.8) is 0 Å². The van der Waals surface area contributed by atoms with Crippen molar-refractivity contribution in [2.24, 2.45) is 0 Å². The van der Waals surface area contributed by atoms with Gasteiger partial charge in [0.25, 0.3) is 5.91 Å². The molecule has 1 amide bonds. The van der Waals surface area contributed by atoms with E-state index in [9.17, 15) is 9.59 Å². The van der Waals surface area contributed by atoms with Gasteiger partial charge >= 0.3 is 5.97 Å². The summed E-state index contributed by atoms with van der Waals surface area (Å²) in [5, 5.41) is 3.06. The van der Waals surface area contributed by atoms with Crippen LogP contribution in [0.15, 0.2) is 109 Å². The molecule has 0 bridgehead atoms. The maximum atomic E-state index is 13.2. The molecule has 1 saturated heterocycles. The first-order valence-electron chi connectivity index (χ1n) is 14.3. The highest BCUT2D eigenvalue weighted by molar-refractivity contribution is 6.08. The van der Waals surface area contributed by atoms with Gasteiger partial charge in [0.15, 0.2) is 0 Å². The summed E-state index contributed by atoms with van der Waals surface area (Å²) in [5.74, 6) is -0.325. The number of hydrogen-bond acceptors (Lipinski definition) is 5. The highest BCUT2D eigenvalue weighted by atomic mass is 16.5. The predicted molar refractivity (Wildman–Crippen MR) is 165 cm³/mol. The van der Waals surface area contributed by atoms with Crippen LogP contribution in [0.25, 0.3) is 11.1 Å². The molecule has 6 heteroatoms. The van der Waals surface area contributed by atoms with Crippen molar-refractivity contribution in [3.05, 3.63) is 120 Å². The average Bonchev–Trinajstić information content (AvgIpc) is 3.51. The Morgan fingerprint density at radius 1 is 0.902 bits per heavy atom. The van der Waals surface area contributed by atoms with E-state index in [0.717, 1.165) is 54.0 Å². The maximum Gasteiger partial charge on any atom is 0.328 e. The molecular weight excluding hydrogens is 510 g/mol. The molecule has 210 valence electrons. The molecule has 0 aromatic heterocycles. The van der Waals surface area contributed by atoms with E-state index in [2.05, 4.69) is 22.2 Å². The van der Waals surface area contributed by atoms with E-state index < -0.39 is 6.04 Å². The van der Waals surface area contributed by atoms with Crippen LogP contribution in [0.1, 0.15) is 41.7 Å². The smallest absolute Gasteiger partial charge is 0.328 e.